The number of para-hydroxylation sites is 1. The van der Waals surface area contributed by atoms with Gasteiger partial charge in [0.1, 0.15) is 17.3 Å². The van der Waals surface area contributed by atoms with Gasteiger partial charge in [0.05, 0.1) is 5.57 Å². The topological polar surface area (TPSA) is 90.4 Å². The number of benzene rings is 2. The van der Waals surface area contributed by atoms with Crippen LogP contribution in [0, 0.1) is 11.3 Å². The lowest BCUT2D eigenvalue weighted by atomic mass is 9.64. The molecule has 31 heavy (non-hydrogen) atoms. The van der Waals surface area contributed by atoms with Crippen molar-refractivity contribution in [1.29, 1.82) is 5.26 Å². The van der Waals surface area contributed by atoms with Crippen molar-refractivity contribution in [3.63, 3.8) is 0 Å². The lowest BCUT2D eigenvalue weighted by Gasteiger charge is -2.43. The maximum absolute atomic E-state index is 13.8. The van der Waals surface area contributed by atoms with Gasteiger partial charge in [-0.15, -0.1) is 0 Å². The molecule has 0 fully saturated rings. The molecule has 2 aromatic rings. The lowest BCUT2D eigenvalue weighted by Crippen LogP contribution is -2.52. The summed E-state index contributed by atoms with van der Waals surface area (Å²) in [6, 6.07) is 17.1. The van der Waals surface area contributed by atoms with Gasteiger partial charge in [0.2, 0.25) is 5.91 Å². The first-order chi connectivity index (χ1) is 14.9. The first-order valence-electron chi connectivity index (χ1n) is 10.0. The molecule has 6 nitrogen and oxygen atoms in total. The van der Waals surface area contributed by atoms with Crippen LogP contribution in [-0.4, -0.2) is 18.7 Å². The number of nitriles is 1. The van der Waals surface area contributed by atoms with Crippen molar-refractivity contribution in [2.24, 2.45) is 5.73 Å². The van der Waals surface area contributed by atoms with Gasteiger partial charge in [-0.1, -0.05) is 34.1 Å². The number of ketones is 1. The monoisotopic (exact) mass is 474 g/mol. The van der Waals surface area contributed by atoms with Crippen LogP contribution in [0.15, 0.2) is 75.7 Å². The Morgan fingerprint density at radius 3 is 2.52 bits per heavy atom. The number of allylic oxidation sites excluding steroid dienone is 1. The fourth-order valence-electron chi connectivity index (χ4n) is 5.12. The van der Waals surface area contributed by atoms with Crippen molar-refractivity contribution in [3.05, 3.63) is 81.2 Å². The maximum atomic E-state index is 13.8. The molecule has 1 aliphatic carbocycles. The number of carbonyl (C=O) groups is 2. The molecule has 0 aromatic heterocycles. The number of nitrogens with zero attached hydrogens (tertiary/aromatic N) is 3. The number of hydrogen-bond donors (Lipinski definition) is 1. The summed E-state index contributed by atoms with van der Waals surface area (Å²) in [6.45, 7) is 0. The van der Waals surface area contributed by atoms with Gasteiger partial charge in [-0.25, -0.2) is 0 Å². The van der Waals surface area contributed by atoms with Crippen molar-refractivity contribution >= 4 is 39.0 Å². The summed E-state index contributed by atoms with van der Waals surface area (Å²) < 4.78 is 0.906. The standard InChI is InChI=1S/C24H19BrN4O2/c1-28-18-6-3-2-5-16(18)24(23(28)31)17(13-26)22(27)29(15-11-9-14(25)10-12-15)19-7-4-8-20(30)21(19)24/h2-3,5-6,9-12H,4,7-8,27H2,1H3. The summed E-state index contributed by atoms with van der Waals surface area (Å²) in [5, 5.41) is 10.3. The molecule has 1 atom stereocenters. The number of amides is 1. The molecular weight excluding hydrogens is 456 g/mol. The number of halogens is 1. The average Bonchev–Trinajstić information content (AvgIpc) is 2.98. The minimum atomic E-state index is -1.50. The highest BCUT2D eigenvalue weighted by molar-refractivity contribution is 9.10. The van der Waals surface area contributed by atoms with Gasteiger partial charge in [-0.3, -0.25) is 14.5 Å². The van der Waals surface area contributed by atoms with E-state index in [1.165, 1.54) is 4.90 Å². The second-order valence-corrected chi connectivity index (χ2v) is 8.83. The molecule has 2 aliphatic heterocycles. The van der Waals surface area contributed by atoms with Crippen LogP contribution in [0.25, 0.3) is 0 Å². The largest absolute Gasteiger partial charge is 0.384 e. The second kappa shape index (κ2) is 6.82. The summed E-state index contributed by atoms with van der Waals surface area (Å²) in [6.07, 6.45) is 1.60. The summed E-state index contributed by atoms with van der Waals surface area (Å²) >= 11 is 3.44. The lowest BCUT2D eigenvalue weighted by molar-refractivity contribution is -0.124. The van der Waals surface area contributed by atoms with E-state index >= 15 is 0 Å². The Morgan fingerprint density at radius 2 is 1.81 bits per heavy atom. The van der Waals surface area contributed by atoms with Crippen molar-refractivity contribution in [2.75, 3.05) is 16.8 Å². The first-order valence-corrected chi connectivity index (χ1v) is 10.8. The van der Waals surface area contributed by atoms with Gasteiger partial charge in [0, 0.05) is 46.1 Å². The predicted octanol–water partition coefficient (Wildman–Crippen LogP) is 3.88. The zero-order chi connectivity index (χ0) is 21.9. The van der Waals surface area contributed by atoms with Crippen molar-refractivity contribution in [2.45, 2.75) is 24.7 Å². The third kappa shape index (κ3) is 2.42. The van der Waals surface area contributed by atoms with Crippen LogP contribution in [0.1, 0.15) is 24.8 Å². The molecule has 0 bridgehead atoms. The van der Waals surface area contributed by atoms with E-state index in [1.54, 1.807) is 11.9 Å². The highest BCUT2D eigenvalue weighted by Crippen LogP contribution is 2.56. The summed E-state index contributed by atoms with van der Waals surface area (Å²) in [4.78, 5) is 30.5. The Morgan fingerprint density at radius 1 is 1.10 bits per heavy atom. The van der Waals surface area contributed by atoms with E-state index in [0.29, 0.717) is 41.8 Å². The van der Waals surface area contributed by atoms with Crippen molar-refractivity contribution < 1.29 is 9.59 Å². The van der Waals surface area contributed by atoms with Crippen LogP contribution < -0.4 is 15.5 Å². The molecule has 1 unspecified atom stereocenters. The van der Waals surface area contributed by atoms with Crippen molar-refractivity contribution in [3.8, 4) is 6.07 Å². The van der Waals surface area contributed by atoms with E-state index < -0.39 is 5.41 Å². The molecule has 0 saturated heterocycles. The third-order valence-corrected chi connectivity index (χ3v) is 6.92. The van der Waals surface area contributed by atoms with Crippen LogP contribution in [0.3, 0.4) is 0 Å². The van der Waals surface area contributed by atoms with E-state index in [2.05, 4.69) is 22.0 Å². The van der Waals surface area contributed by atoms with Gasteiger partial charge in [0.15, 0.2) is 5.78 Å². The van der Waals surface area contributed by atoms with Crippen LogP contribution in [-0.2, 0) is 15.0 Å². The summed E-state index contributed by atoms with van der Waals surface area (Å²) in [5.41, 5.74) is 8.40. The highest BCUT2D eigenvalue weighted by atomic mass is 79.9. The zero-order valence-electron chi connectivity index (χ0n) is 16.9. The maximum Gasteiger partial charge on any atom is 0.247 e. The molecule has 3 aliphatic rings. The Balaban J connectivity index is 1.89. The number of carbonyl (C=O) groups excluding carboxylic acids is 2. The third-order valence-electron chi connectivity index (χ3n) is 6.39. The SMILES string of the molecule is CN1C(=O)C2(C(C#N)=C(N)N(c3ccc(Br)cc3)C3=C2C(=O)CCC3)c2ccccc21. The van der Waals surface area contributed by atoms with Crippen LogP contribution in [0.4, 0.5) is 11.4 Å². The summed E-state index contributed by atoms with van der Waals surface area (Å²) in [5.74, 6) is -0.231. The van der Waals surface area contributed by atoms with E-state index in [4.69, 9.17) is 5.73 Å². The Labute approximate surface area is 188 Å². The zero-order valence-corrected chi connectivity index (χ0v) is 18.4. The molecule has 1 spiro atoms. The minimum Gasteiger partial charge on any atom is -0.384 e. The molecule has 2 N–H and O–H groups in total. The second-order valence-electron chi connectivity index (χ2n) is 7.91. The summed E-state index contributed by atoms with van der Waals surface area (Å²) in [7, 11) is 1.68. The smallest absolute Gasteiger partial charge is 0.247 e. The van der Waals surface area contributed by atoms with Gasteiger partial charge in [0.25, 0.3) is 0 Å². The van der Waals surface area contributed by atoms with Gasteiger partial charge < -0.3 is 10.6 Å². The molecule has 0 radical (unpaired) electrons. The number of fused-ring (bicyclic) bond motifs is 3. The van der Waals surface area contributed by atoms with E-state index in [-0.39, 0.29) is 23.1 Å². The minimum absolute atomic E-state index is 0.103. The first kappa shape index (κ1) is 19.6. The fourth-order valence-corrected chi connectivity index (χ4v) is 5.38. The number of anilines is 2. The quantitative estimate of drug-likeness (QED) is 0.676. The molecule has 2 aromatic carbocycles. The van der Waals surface area contributed by atoms with Crippen LogP contribution >= 0.6 is 15.9 Å². The Bertz CT molecular complexity index is 1260. The van der Waals surface area contributed by atoms with Crippen LogP contribution in [0.2, 0.25) is 0 Å². The highest BCUT2D eigenvalue weighted by Gasteiger charge is 2.61. The number of nitrogens with two attached hydrogens (primary N) is 1. The Kier molecular flexibility index (Phi) is 4.31. The molecule has 2 heterocycles. The van der Waals surface area contributed by atoms with E-state index in [1.807, 2.05) is 48.5 Å². The number of rotatable bonds is 1. The van der Waals surface area contributed by atoms with Gasteiger partial charge >= 0.3 is 0 Å². The Hall–Kier alpha value is -3.37. The molecule has 154 valence electrons. The average molecular weight is 475 g/mol. The van der Waals surface area contributed by atoms with Gasteiger partial charge in [-0.05, 0) is 43.2 Å². The van der Waals surface area contributed by atoms with Crippen molar-refractivity contribution in [1.82, 2.24) is 0 Å². The molecule has 1 amide bonds. The number of Topliss-reactive ketones (excluding diaryl/α,β-unsaturated/α-hetero) is 1. The van der Waals surface area contributed by atoms with Gasteiger partial charge in [-0.2, -0.15) is 5.26 Å². The molecule has 7 heteroatoms. The number of likely N-dealkylation sites (N-methyl/N-ethyl adjacent to an activating group) is 1. The van der Waals surface area contributed by atoms with E-state index in [0.717, 1.165) is 10.2 Å². The molecule has 0 saturated carbocycles. The fraction of sp³-hybridized carbons (Fsp3) is 0.208. The normalized spacial score (nSPS) is 22.7. The molecule has 5 rings (SSSR count). The molecular formula is C24H19BrN4O2. The number of hydrogen-bond acceptors (Lipinski definition) is 5. The predicted molar refractivity (Wildman–Crippen MR) is 121 cm³/mol. The van der Waals surface area contributed by atoms with E-state index in [9.17, 15) is 14.9 Å². The van der Waals surface area contributed by atoms with Crippen LogP contribution in [0.5, 0.6) is 0 Å².